The minimum absolute atomic E-state index is 0.380. The van der Waals surface area contributed by atoms with Gasteiger partial charge >= 0.3 is 0 Å². The van der Waals surface area contributed by atoms with Crippen LogP contribution in [0, 0.1) is 0 Å². The zero-order valence-electron chi connectivity index (χ0n) is 12.9. The molecule has 1 aromatic heterocycles. The number of aromatic nitrogens is 3. The number of anilines is 1. The van der Waals surface area contributed by atoms with Gasteiger partial charge in [-0.15, -0.1) is 10.2 Å². The molecule has 6 nitrogen and oxygen atoms in total. The van der Waals surface area contributed by atoms with E-state index in [1.807, 2.05) is 36.4 Å². The molecule has 0 aliphatic rings. The third kappa shape index (κ3) is 5.07. The van der Waals surface area contributed by atoms with Gasteiger partial charge in [-0.25, -0.2) is 10.1 Å². The highest BCUT2D eigenvalue weighted by Gasteiger charge is 2.09. The zero-order valence-corrected chi connectivity index (χ0v) is 16.9. The lowest BCUT2D eigenvalue weighted by atomic mass is 10.2. The van der Waals surface area contributed by atoms with E-state index in [1.54, 1.807) is 6.21 Å². The lowest BCUT2D eigenvalue weighted by Gasteiger charge is -2.03. The Bertz CT molecular complexity index is 879. The molecule has 0 atom stereocenters. The van der Waals surface area contributed by atoms with Gasteiger partial charge < -0.3 is 5.84 Å². The van der Waals surface area contributed by atoms with Crippen LogP contribution in [0.15, 0.2) is 67.7 Å². The summed E-state index contributed by atoms with van der Waals surface area (Å²) in [5, 5.41) is 12.9. The van der Waals surface area contributed by atoms with Crippen LogP contribution in [0.2, 0.25) is 0 Å². The number of nitrogens with zero attached hydrogens (tertiary/aromatic N) is 4. The minimum atomic E-state index is 0.380. The van der Waals surface area contributed by atoms with Gasteiger partial charge in [0.25, 0.3) is 5.95 Å². The first-order valence-electron chi connectivity index (χ1n) is 7.24. The number of nitrogens with two attached hydrogens (primary N) is 1. The second-order valence-corrected chi connectivity index (χ2v) is 7.79. The fourth-order valence-corrected chi connectivity index (χ4v) is 3.45. The summed E-state index contributed by atoms with van der Waals surface area (Å²) in [6.07, 6.45) is 1.69. The number of hydrogen-bond donors (Lipinski definition) is 2. The van der Waals surface area contributed by atoms with Crippen molar-refractivity contribution < 1.29 is 0 Å². The molecule has 0 unspecified atom stereocenters. The van der Waals surface area contributed by atoms with Crippen molar-refractivity contribution in [3.8, 4) is 0 Å². The van der Waals surface area contributed by atoms with Gasteiger partial charge in [0.2, 0.25) is 5.16 Å². The molecule has 0 saturated carbocycles. The number of halogens is 2. The number of hydrazone groups is 1. The standard InChI is InChI=1S/C16H14Br2N6S/c17-13-6-4-11(5-7-13)9-20-21-15-22-23-16(24(15)19)25-10-12-2-1-3-14(18)8-12/h1-9H,10,19H2,(H,21,22)/b20-9+. The largest absolute Gasteiger partial charge is 0.334 e. The van der Waals surface area contributed by atoms with Crippen LogP contribution in [0.1, 0.15) is 11.1 Å². The maximum Gasteiger partial charge on any atom is 0.264 e. The Hall–Kier alpha value is -1.84. The van der Waals surface area contributed by atoms with Crippen molar-refractivity contribution in [2.45, 2.75) is 10.9 Å². The molecule has 0 radical (unpaired) electrons. The first kappa shape index (κ1) is 18.0. The van der Waals surface area contributed by atoms with E-state index in [1.165, 1.54) is 22.0 Å². The first-order chi connectivity index (χ1) is 12.1. The average molecular weight is 482 g/mol. The van der Waals surface area contributed by atoms with Gasteiger partial charge in [0.05, 0.1) is 6.21 Å². The van der Waals surface area contributed by atoms with E-state index in [2.05, 4.69) is 64.7 Å². The third-order valence-electron chi connectivity index (χ3n) is 3.17. The van der Waals surface area contributed by atoms with E-state index in [4.69, 9.17) is 5.84 Å². The summed E-state index contributed by atoms with van der Waals surface area (Å²) in [6.45, 7) is 0. The molecule has 0 bridgehead atoms. The van der Waals surface area contributed by atoms with E-state index >= 15 is 0 Å². The van der Waals surface area contributed by atoms with E-state index in [0.717, 1.165) is 20.3 Å². The van der Waals surface area contributed by atoms with Crippen LogP contribution in [0.25, 0.3) is 0 Å². The highest BCUT2D eigenvalue weighted by molar-refractivity contribution is 9.10. The van der Waals surface area contributed by atoms with Gasteiger partial charge in [0.1, 0.15) is 0 Å². The van der Waals surface area contributed by atoms with Gasteiger partial charge in [0.15, 0.2) is 0 Å². The Kier molecular flexibility index (Phi) is 6.11. The Balaban J connectivity index is 1.60. The zero-order chi connectivity index (χ0) is 17.6. The number of nitrogen functional groups attached to an aromatic ring is 1. The highest BCUT2D eigenvalue weighted by Crippen LogP contribution is 2.23. The van der Waals surface area contributed by atoms with Crippen LogP contribution < -0.4 is 11.3 Å². The summed E-state index contributed by atoms with van der Waals surface area (Å²) in [6, 6.07) is 15.9. The molecular formula is C16H14Br2N6S. The molecule has 0 aliphatic carbocycles. The molecule has 9 heteroatoms. The van der Waals surface area contributed by atoms with Crippen molar-refractivity contribution in [2.24, 2.45) is 5.10 Å². The topological polar surface area (TPSA) is 81.1 Å². The molecule has 0 saturated heterocycles. The summed E-state index contributed by atoms with van der Waals surface area (Å²) in [4.78, 5) is 0. The highest BCUT2D eigenvalue weighted by atomic mass is 79.9. The summed E-state index contributed by atoms with van der Waals surface area (Å²) in [5.41, 5.74) is 4.94. The molecule has 3 aromatic rings. The molecule has 3 rings (SSSR count). The van der Waals surface area contributed by atoms with Crippen molar-refractivity contribution in [3.63, 3.8) is 0 Å². The molecule has 0 spiro atoms. The second-order valence-electron chi connectivity index (χ2n) is 5.02. The monoisotopic (exact) mass is 480 g/mol. The van der Waals surface area contributed by atoms with Crippen LogP contribution in [0.5, 0.6) is 0 Å². The number of rotatable bonds is 6. The quantitative estimate of drug-likeness (QED) is 0.238. The van der Waals surface area contributed by atoms with Crippen molar-refractivity contribution in [2.75, 3.05) is 11.3 Å². The van der Waals surface area contributed by atoms with Crippen molar-refractivity contribution in [1.29, 1.82) is 0 Å². The lowest BCUT2D eigenvalue weighted by Crippen LogP contribution is -2.13. The smallest absolute Gasteiger partial charge is 0.264 e. The Morgan fingerprint density at radius 3 is 2.68 bits per heavy atom. The molecule has 3 N–H and O–H groups in total. The molecule has 2 aromatic carbocycles. The van der Waals surface area contributed by atoms with Crippen molar-refractivity contribution in [1.82, 2.24) is 14.9 Å². The van der Waals surface area contributed by atoms with Crippen molar-refractivity contribution in [3.05, 3.63) is 68.6 Å². The van der Waals surface area contributed by atoms with Crippen LogP contribution in [0.4, 0.5) is 5.95 Å². The normalized spacial score (nSPS) is 11.1. The molecule has 1 heterocycles. The minimum Gasteiger partial charge on any atom is -0.334 e. The maximum atomic E-state index is 6.02. The summed E-state index contributed by atoms with van der Waals surface area (Å²) in [5.74, 6) is 7.14. The molecule has 0 amide bonds. The number of thioether (sulfide) groups is 1. The first-order valence-corrected chi connectivity index (χ1v) is 9.81. The van der Waals surface area contributed by atoms with Gasteiger partial charge in [-0.05, 0) is 35.4 Å². The van der Waals surface area contributed by atoms with Crippen LogP contribution in [0.3, 0.4) is 0 Å². The van der Waals surface area contributed by atoms with Gasteiger partial charge in [-0.1, -0.05) is 67.9 Å². The summed E-state index contributed by atoms with van der Waals surface area (Å²) < 4.78 is 3.46. The Labute approximate surface area is 166 Å². The Morgan fingerprint density at radius 1 is 1.12 bits per heavy atom. The average Bonchev–Trinajstić information content (AvgIpc) is 2.95. The summed E-state index contributed by atoms with van der Waals surface area (Å²) >= 11 is 8.37. The van der Waals surface area contributed by atoms with E-state index < -0.39 is 0 Å². The lowest BCUT2D eigenvalue weighted by molar-refractivity contribution is 0.847. The summed E-state index contributed by atoms with van der Waals surface area (Å²) in [7, 11) is 0. The fraction of sp³-hybridized carbons (Fsp3) is 0.0625. The predicted octanol–water partition coefficient (Wildman–Crippen LogP) is 4.26. The van der Waals surface area contributed by atoms with E-state index in [-0.39, 0.29) is 0 Å². The molecule has 0 aliphatic heterocycles. The molecule has 128 valence electrons. The van der Waals surface area contributed by atoms with Crippen LogP contribution >= 0.6 is 43.6 Å². The Morgan fingerprint density at radius 2 is 1.92 bits per heavy atom. The van der Waals surface area contributed by atoms with Crippen molar-refractivity contribution >= 4 is 55.8 Å². The third-order valence-corrected chi connectivity index (χ3v) is 5.21. The number of nitrogens with one attached hydrogen (secondary N) is 1. The predicted molar refractivity (Wildman–Crippen MR) is 109 cm³/mol. The van der Waals surface area contributed by atoms with Crippen LogP contribution in [-0.2, 0) is 5.75 Å². The second kappa shape index (κ2) is 8.50. The van der Waals surface area contributed by atoms with Gasteiger partial charge in [0, 0.05) is 14.7 Å². The number of hydrogen-bond acceptors (Lipinski definition) is 6. The van der Waals surface area contributed by atoms with E-state index in [0.29, 0.717) is 11.1 Å². The van der Waals surface area contributed by atoms with Gasteiger partial charge in [-0.3, -0.25) is 0 Å². The van der Waals surface area contributed by atoms with Crippen LogP contribution in [-0.4, -0.2) is 21.1 Å². The van der Waals surface area contributed by atoms with Gasteiger partial charge in [-0.2, -0.15) is 5.10 Å². The fourth-order valence-electron chi connectivity index (χ4n) is 1.94. The molecule has 0 fully saturated rings. The number of benzene rings is 2. The molecular weight excluding hydrogens is 468 g/mol. The molecule has 25 heavy (non-hydrogen) atoms. The van der Waals surface area contributed by atoms with E-state index in [9.17, 15) is 0 Å². The SMILES string of the molecule is Nn1c(N/N=C/c2ccc(Br)cc2)nnc1SCc1cccc(Br)c1. The maximum absolute atomic E-state index is 6.02.